The number of hydrogen-bond acceptors (Lipinski definition) is 2. The highest BCUT2D eigenvalue weighted by Gasteiger charge is 2.25. The lowest BCUT2D eigenvalue weighted by Crippen LogP contribution is -2.40. The molecule has 1 heterocycles. The first-order chi connectivity index (χ1) is 7.49. The molecule has 0 spiro atoms. The van der Waals surface area contributed by atoms with Crippen LogP contribution >= 0.6 is 0 Å². The minimum Gasteiger partial charge on any atom is -0.381 e. The van der Waals surface area contributed by atoms with Crippen LogP contribution in [-0.4, -0.2) is 37.1 Å². The van der Waals surface area contributed by atoms with Crippen molar-refractivity contribution in [2.45, 2.75) is 34.1 Å². The molecule has 0 N–H and O–H groups in total. The summed E-state index contributed by atoms with van der Waals surface area (Å²) in [6, 6.07) is 0. The minimum absolute atomic E-state index is 0.302. The van der Waals surface area contributed by atoms with Gasteiger partial charge in [-0.2, -0.15) is 0 Å². The van der Waals surface area contributed by atoms with Gasteiger partial charge in [-0.15, -0.1) is 0 Å². The Bertz CT molecular complexity index is 212. The summed E-state index contributed by atoms with van der Waals surface area (Å²) in [4.78, 5) is 14.1. The molecule has 94 valence electrons. The molecule has 16 heavy (non-hydrogen) atoms. The van der Waals surface area contributed by atoms with Gasteiger partial charge in [0.2, 0.25) is 5.91 Å². The number of nitrogens with zero attached hydrogens (tertiary/aromatic N) is 1. The summed E-state index contributed by atoms with van der Waals surface area (Å²) in [5, 5.41) is 0. The molecule has 0 atom stereocenters. The molecule has 0 aromatic rings. The van der Waals surface area contributed by atoms with Crippen LogP contribution in [-0.2, 0) is 9.53 Å². The van der Waals surface area contributed by atoms with Crippen molar-refractivity contribution in [3.63, 3.8) is 0 Å². The summed E-state index contributed by atoms with van der Waals surface area (Å²) in [6.45, 7) is 11.9. The molecule has 0 unspecified atom stereocenters. The summed E-state index contributed by atoms with van der Waals surface area (Å²) < 4.78 is 5.11. The third-order valence-electron chi connectivity index (χ3n) is 2.69. The molecule has 3 heteroatoms. The van der Waals surface area contributed by atoms with Crippen LogP contribution in [0.1, 0.15) is 34.1 Å². The molecule has 0 aromatic carbocycles. The molecule has 1 amide bonds. The molecule has 1 aliphatic rings. The number of hydrogen-bond donors (Lipinski definition) is 0. The lowest BCUT2D eigenvalue weighted by Gasteiger charge is -2.31. The van der Waals surface area contributed by atoms with E-state index in [1.54, 1.807) is 0 Å². The molecule has 3 nitrogen and oxygen atoms in total. The number of amides is 1. The van der Waals surface area contributed by atoms with Crippen molar-refractivity contribution in [1.29, 1.82) is 0 Å². The van der Waals surface area contributed by atoms with E-state index in [9.17, 15) is 4.79 Å². The highest BCUT2D eigenvalue weighted by Crippen LogP contribution is 2.17. The van der Waals surface area contributed by atoms with E-state index in [0.29, 0.717) is 30.1 Å². The zero-order valence-electron chi connectivity index (χ0n) is 11.0. The molecule has 0 aromatic heterocycles. The largest absolute Gasteiger partial charge is 0.381 e. The predicted octanol–water partition coefficient (Wildman–Crippen LogP) is 2.16. The van der Waals surface area contributed by atoms with E-state index in [0.717, 1.165) is 26.3 Å². The summed E-state index contributed by atoms with van der Waals surface area (Å²) in [6.07, 6.45) is 0.666. The SMILES string of the molecule is CC(C)CN(CC(C)C)C(=O)CC1COC1. The minimum atomic E-state index is 0.302. The van der Waals surface area contributed by atoms with Gasteiger partial charge < -0.3 is 9.64 Å². The van der Waals surface area contributed by atoms with Gasteiger partial charge in [-0.3, -0.25) is 4.79 Å². The Kier molecular flexibility index (Phi) is 5.26. The number of carbonyl (C=O) groups excluding carboxylic acids is 1. The maximum Gasteiger partial charge on any atom is 0.223 e. The zero-order valence-corrected chi connectivity index (χ0v) is 11.0. The van der Waals surface area contributed by atoms with E-state index in [-0.39, 0.29) is 0 Å². The Morgan fingerprint density at radius 1 is 1.19 bits per heavy atom. The van der Waals surface area contributed by atoms with Crippen LogP contribution in [0.15, 0.2) is 0 Å². The molecule has 1 fully saturated rings. The lowest BCUT2D eigenvalue weighted by molar-refractivity contribution is -0.137. The average Bonchev–Trinajstić information content (AvgIpc) is 2.08. The topological polar surface area (TPSA) is 29.5 Å². The van der Waals surface area contributed by atoms with Gasteiger partial charge in [0.1, 0.15) is 0 Å². The molecular formula is C13H25NO2. The van der Waals surface area contributed by atoms with Gasteiger partial charge in [0.25, 0.3) is 0 Å². The van der Waals surface area contributed by atoms with Crippen molar-refractivity contribution in [3.05, 3.63) is 0 Å². The van der Waals surface area contributed by atoms with Crippen molar-refractivity contribution in [2.24, 2.45) is 17.8 Å². The molecule has 1 rings (SSSR count). The van der Waals surface area contributed by atoms with Crippen LogP contribution < -0.4 is 0 Å². The molecule has 0 saturated carbocycles. The van der Waals surface area contributed by atoms with Gasteiger partial charge in [0, 0.05) is 25.4 Å². The lowest BCUT2D eigenvalue weighted by atomic mass is 10.0. The summed E-state index contributed by atoms with van der Waals surface area (Å²) in [7, 11) is 0. The molecule has 0 radical (unpaired) electrons. The van der Waals surface area contributed by atoms with E-state index >= 15 is 0 Å². The maximum atomic E-state index is 12.1. The van der Waals surface area contributed by atoms with E-state index in [2.05, 4.69) is 27.7 Å². The van der Waals surface area contributed by atoms with Gasteiger partial charge in [-0.05, 0) is 11.8 Å². The zero-order chi connectivity index (χ0) is 12.1. The van der Waals surface area contributed by atoms with Crippen LogP contribution in [0.5, 0.6) is 0 Å². The third-order valence-corrected chi connectivity index (χ3v) is 2.69. The Morgan fingerprint density at radius 2 is 1.69 bits per heavy atom. The fraction of sp³-hybridized carbons (Fsp3) is 0.923. The Labute approximate surface area is 99.1 Å². The van der Waals surface area contributed by atoms with Crippen LogP contribution in [0, 0.1) is 17.8 Å². The summed E-state index contributed by atoms with van der Waals surface area (Å²) in [5.41, 5.74) is 0. The molecular weight excluding hydrogens is 202 g/mol. The highest BCUT2D eigenvalue weighted by atomic mass is 16.5. The number of rotatable bonds is 6. The molecule has 0 bridgehead atoms. The average molecular weight is 227 g/mol. The first kappa shape index (κ1) is 13.5. The van der Waals surface area contributed by atoms with Crippen molar-refractivity contribution < 1.29 is 9.53 Å². The van der Waals surface area contributed by atoms with Crippen molar-refractivity contribution in [3.8, 4) is 0 Å². The molecule has 1 aliphatic heterocycles. The highest BCUT2D eigenvalue weighted by molar-refractivity contribution is 5.76. The predicted molar refractivity (Wildman–Crippen MR) is 65.2 cm³/mol. The number of carbonyl (C=O) groups is 1. The van der Waals surface area contributed by atoms with Crippen molar-refractivity contribution >= 4 is 5.91 Å². The van der Waals surface area contributed by atoms with Crippen LogP contribution in [0.4, 0.5) is 0 Å². The van der Waals surface area contributed by atoms with Gasteiger partial charge in [-0.25, -0.2) is 0 Å². The Balaban J connectivity index is 2.41. The van der Waals surface area contributed by atoms with Crippen molar-refractivity contribution in [1.82, 2.24) is 4.90 Å². The van der Waals surface area contributed by atoms with Gasteiger partial charge in [0.05, 0.1) is 13.2 Å². The summed E-state index contributed by atoms with van der Waals surface area (Å²) >= 11 is 0. The fourth-order valence-electron chi connectivity index (χ4n) is 1.94. The fourth-order valence-corrected chi connectivity index (χ4v) is 1.94. The van der Waals surface area contributed by atoms with Gasteiger partial charge in [-0.1, -0.05) is 27.7 Å². The monoisotopic (exact) mass is 227 g/mol. The van der Waals surface area contributed by atoms with E-state index in [1.165, 1.54) is 0 Å². The van der Waals surface area contributed by atoms with E-state index in [1.807, 2.05) is 4.90 Å². The second-order valence-electron chi connectivity index (χ2n) is 5.69. The molecule has 1 saturated heterocycles. The Hall–Kier alpha value is -0.570. The third kappa shape index (κ3) is 4.52. The number of ether oxygens (including phenoxy) is 1. The van der Waals surface area contributed by atoms with Crippen molar-refractivity contribution in [2.75, 3.05) is 26.3 Å². The first-order valence-electron chi connectivity index (χ1n) is 6.34. The normalized spacial score (nSPS) is 16.6. The second kappa shape index (κ2) is 6.24. The molecule has 0 aliphatic carbocycles. The second-order valence-corrected chi connectivity index (χ2v) is 5.69. The van der Waals surface area contributed by atoms with Crippen LogP contribution in [0.3, 0.4) is 0 Å². The maximum absolute atomic E-state index is 12.1. The van der Waals surface area contributed by atoms with Gasteiger partial charge >= 0.3 is 0 Å². The smallest absolute Gasteiger partial charge is 0.223 e. The summed E-state index contributed by atoms with van der Waals surface area (Å²) in [5.74, 6) is 1.85. The van der Waals surface area contributed by atoms with Crippen LogP contribution in [0.2, 0.25) is 0 Å². The van der Waals surface area contributed by atoms with E-state index < -0.39 is 0 Å². The first-order valence-corrected chi connectivity index (χ1v) is 6.34. The Morgan fingerprint density at radius 3 is 2.00 bits per heavy atom. The standard InChI is InChI=1S/C13H25NO2/c1-10(2)6-14(7-11(3)4)13(15)5-12-8-16-9-12/h10-12H,5-9H2,1-4H3. The van der Waals surface area contributed by atoms with Crippen LogP contribution in [0.25, 0.3) is 0 Å². The van der Waals surface area contributed by atoms with E-state index in [4.69, 9.17) is 4.74 Å². The van der Waals surface area contributed by atoms with Gasteiger partial charge in [0.15, 0.2) is 0 Å². The quantitative estimate of drug-likeness (QED) is 0.696.